The molecule has 0 saturated heterocycles. The van der Waals surface area contributed by atoms with Gasteiger partial charge in [-0.05, 0) is 52.4 Å². The van der Waals surface area contributed by atoms with Crippen molar-refractivity contribution >= 4 is 0 Å². The number of hydrogen-bond donors (Lipinski definition) is 1. The zero-order chi connectivity index (χ0) is 14.3. The van der Waals surface area contributed by atoms with Crippen LogP contribution in [0.15, 0.2) is 30.3 Å². The summed E-state index contributed by atoms with van der Waals surface area (Å²) in [6, 6.07) is 11.3. The molecule has 0 heterocycles. The summed E-state index contributed by atoms with van der Waals surface area (Å²) in [4.78, 5) is 2.54. The molecule has 1 aromatic rings. The van der Waals surface area contributed by atoms with Crippen LogP contribution in [0.5, 0.6) is 0 Å². The van der Waals surface area contributed by atoms with Crippen molar-refractivity contribution in [1.82, 2.24) is 10.2 Å². The lowest BCUT2D eigenvalue weighted by Crippen LogP contribution is -2.57. The van der Waals surface area contributed by atoms with Crippen LogP contribution in [0.2, 0.25) is 0 Å². The first kappa shape index (κ1) is 16.2. The Labute approximate surface area is 119 Å². The van der Waals surface area contributed by atoms with Gasteiger partial charge in [-0.1, -0.05) is 44.2 Å². The summed E-state index contributed by atoms with van der Waals surface area (Å²) >= 11 is 0. The van der Waals surface area contributed by atoms with E-state index in [-0.39, 0.29) is 5.54 Å². The Kier molecular flexibility index (Phi) is 6.53. The van der Waals surface area contributed by atoms with E-state index in [4.69, 9.17) is 0 Å². The van der Waals surface area contributed by atoms with Gasteiger partial charge in [0, 0.05) is 11.6 Å². The average Bonchev–Trinajstić information content (AvgIpc) is 2.41. The smallest absolute Gasteiger partial charge is 0.0306 e. The molecule has 2 heteroatoms. The summed E-state index contributed by atoms with van der Waals surface area (Å²) in [5.74, 6) is 0. The van der Waals surface area contributed by atoms with Gasteiger partial charge < -0.3 is 5.32 Å². The molecule has 1 N–H and O–H groups in total. The maximum atomic E-state index is 3.52. The summed E-state index contributed by atoms with van der Waals surface area (Å²) in [5.41, 5.74) is 1.62. The summed E-state index contributed by atoms with van der Waals surface area (Å²) in [5, 5.41) is 3.52. The van der Waals surface area contributed by atoms with Crippen LogP contribution in [0, 0.1) is 0 Å². The third-order valence-corrected chi connectivity index (χ3v) is 4.34. The molecule has 1 aromatic carbocycles. The third-order valence-electron chi connectivity index (χ3n) is 4.34. The van der Waals surface area contributed by atoms with Crippen molar-refractivity contribution < 1.29 is 0 Å². The lowest BCUT2D eigenvalue weighted by molar-refractivity contribution is 0.0909. The highest BCUT2D eigenvalue weighted by Crippen LogP contribution is 2.22. The highest BCUT2D eigenvalue weighted by Gasteiger charge is 2.32. The minimum Gasteiger partial charge on any atom is -0.315 e. The average molecular weight is 262 g/mol. The number of likely N-dealkylation sites (N-methyl/N-ethyl adjacent to an activating group) is 2. The van der Waals surface area contributed by atoms with E-state index in [1.807, 2.05) is 0 Å². The minimum atomic E-state index is 0.188. The normalized spacial score (nSPS) is 13.8. The molecule has 0 aromatic heterocycles. The molecular weight excluding hydrogens is 232 g/mol. The topological polar surface area (TPSA) is 15.3 Å². The first-order valence-electron chi connectivity index (χ1n) is 7.52. The molecule has 0 saturated carbocycles. The van der Waals surface area contributed by atoms with Crippen molar-refractivity contribution in [3.8, 4) is 0 Å². The Morgan fingerprint density at radius 1 is 1.11 bits per heavy atom. The molecule has 1 rings (SSSR count). The molecule has 0 aliphatic rings. The summed E-state index contributed by atoms with van der Waals surface area (Å²) in [7, 11) is 2.08. The number of benzene rings is 1. The van der Waals surface area contributed by atoms with E-state index >= 15 is 0 Å². The molecule has 1 unspecified atom stereocenters. The van der Waals surface area contributed by atoms with Crippen molar-refractivity contribution in [1.29, 1.82) is 0 Å². The first-order valence-corrected chi connectivity index (χ1v) is 7.52. The largest absolute Gasteiger partial charge is 0.315 e. The Hall–Kier alpha value is -0.860. The lowest BCUT2D eigenvalue weighted by atomic mass is 9.87. The molecule has 0 fully saturated rings. The van der Waals surface area contributed by atoms with Crippen LogP contribution < -0.4 is 5.32 Å². The van der Waals surface area contributed by atoms with Gasteiger partial charge in [0.1, 0.15) is 0 Å². The van der Waals surface area contributed by atoms with Crippen LogP contribution in [0.3, 0.4) is 0 Å². The van der Waals surface area contributed by atoms with E-state index in [0.717, 1.165) is 19.5 Å². The Bertz CT molecular complexity index is 342. The van der Waals surface area contributed by atoms with Crippen molar-refractivity contribution in [2.75, 3.05) is 20.1 Å². The molecule has 0 aliphatic carbocycles. The highest BCUT2D eigenvalue weighted by molar-refractivity contribution is 5.15. The maximum Gasteiger partial charge on any atom is 0.0306 e. The predicted octanol–water partition coefficient (Wildman–Crippen LogP) is 3.33. The van der Waals surface area contributed by atoms with Gasteiger partial charge in [-0.2, -0.15) is 0 Å². The zero-order valence-corrected chi connectivity index (χ0v) is 13.2. The molecule has 2 nitrogen and oxygen atoms in total. The number of aryl methyl sites for hydroxylation is 1. The Balaban J connectivity index is 2.66. The Morgan fingerprint density at radius 3 is 2.16 bits per heavy atom. The van der Waals surface area contributed by atoms with E-state index < -0.39 is 0 Å². The van der Waals surface area contributed by atoms with Crippen LogP contribution in [-0.4, -0.2) is 36.6 Å². The quantitative estimate of drug-likeness (QED) is 0.773. The van der Waals surface area contributed by atoms with Gasteiger partial charge in [0.2, 0.25) is 0 Å². The highest BCUT2D eigenvalue weighted by atomic mass is 15.2. The summed E-state index contributed by atoms with van der Waals surface area (Å²) in [6.07, 6.45) is 2.31. The van der Waals surface area contributed by atoms with E-state index in [1.165, 1.54) is 12.0 Å². The van der Waals surface area contributed by atoms with Crippen LogP contribution in [0.1, 0.15) is 39.7 Å². The molecular formula is C17H30N2. The van der Waals surface area contributed by atoms with Crippen LogP contribution in [-0.2, 0) is 6.42 Å². The minimum absolute atomic E-state index is 0.188. The fourth-order valence-electron chi connectivity index (χ4n) is 3.07. The number of nitrogens with zero attached hydrogens (tertiary/aromatic N) is 1. The van der Waals surface area contributed by atoms with Gasteiger partial charge in [-0.25, -0.2) is 0 Å². The third kappa shape index (κ3) is 4.32. The second-order valence-corrected chi connectivity index (χ2v) is 5.69. The molecule has 0 aliphatic heterocycles. The second kappa shape index (κ2) is 7.66. The van der Waals surface area contributed by atoms with Gasteiger partial charge in [-0.15, -0.1) is 0 Å². The Morgan fingerprint density at radius 2 is 1.68 bits per heavy atom. The summed E-state index contributed by atoms with van der Waals surface area (Å²) < 4.78 is 0. The van der Waals surface area contributed by atoms with Gasteiger partial charge >= 0.3 is 0 Å². The SMILES string of the molecule is CCN(CC)C(C)(C)C(CCc1ccccc1)NC. The van der Waals surface area contributed by atoms with E-state index in [1.54, 1.807) is 0 Å². The second-order valence-electron chi connectivity index (χ2n) is 5.69. The van der Waals surface area contributed by atoms with Crippen molar-refractivity contribution in [3.05, 3.63) is 35.9 Å². The van der Waals surface area contributed by atoms with Crippen molar-refractivity contribution in [2.24, 2.45) is 0 Å². The molecule has 19 heavy (non-hydrogen) atoms. The summed E-state index contributed by atoms with van der Waals surface area (Å²) in [6.45, 7) is 11.4. The van der Waals surface area contributed by atoms with Crippen LogP contribution in [0.25, 0.3) is 0 Å². The van der Waals surface area contributed by atoms with Gasteiger partial charge in [-0.3, -0.25) is 4.90 Å². The fraction of sp³-hybridized carbons (Fsp3) is 0.647. The van der Waals surface area contributed by atoms with Crippen LogP contribution >= 0.6 is 0 Å². The standard InChI is InChI=1S/C17H30N2/c1-6-19(7-2)17(3,4)16(18-5)14-13-15-11-9-8-10-12-15/h8-12,16,18H,6-7,13-14H2,1-5H3. The lowest BCUT2D eigenvalue weighted by Gasteiger charge is -2.43. The number of hydrogen-bond acceptors (Lipinski definition) is 2. The molecule has 0 spiro atoms. The van der Waals surface area contributed by atoms with Crippen molar-refractivity contribution in [2.45, 2.75) is 52.1 Å². The fourth-order valence-corrected chi connectivity index (χ4v) is 3.07. The molecule has 0 amide bonds. The molecule has 108 valence electrons. The van der Waals surface area contributed by atoms with Gasteiger partial charge in [0.05, 0.1) is 0 Å². The van der Waals surface area contributed by atoms with E-state index in [0.29, 0.717) is 6.04 Å². The first-order chi connectivity index (χ1) is 9.06. The van der Waals surface area contributed by atoms with E-state index in [2.05, 4.69) is 75.3 Å². The molecule has 1 atom stereocenters. The van der Waals surface area contributed by atoms with Crippen LogP contribution in [0.4, 0.5) is 0 Å². The van der Waals surface area contributed by atoms with Gasteiger partial charge in [0.15, 0.2) is 0 Å². The number of rotatable bonds is 8. The zero-order valence-electron chi connectivity index (χ0n) is 13.2. The monoisotopic (exact) mass is 262 g/mol. The number of nitrogens with one attached hydrogen (secondary N) is 1. The van der Waals surface area contributed by atoms with Gasteiger partial charge in [0.25, 0.3) is 0 Å². The van der Waals surface area contributed by atoms with Crippen molar-refractivity contribution in [3.63, 3.8) is 0 Å². The molecule has 0 bridgehead atoms. The maximum absolute atomic E-state index is 3.52. The predicted molar refractivity (Wildman–Crippen MR) is 84.6 cm³/mol. The molecule has 0 radical (unpaired) electrons. The van der Waals surface area contributed by atoms with E-state index in [9.17, 15) is 0 Å².